The van der Waals surface area contributed by atoms with E-state index < -0.39 is 9.84 Å². The zero-order valence-electron chi connectivity index (χ0n) is 6.96. The van der Waals surface area contributed by atoms with Crippen molar-refractivity contribution in [1.82, 2.24) is 0 Å². The van der Waals surface area contributed by atoms with Crippen molar-refractivity contribution >= 4 is 15.6 Å². The highest BCUT2D eigenvalue weighted by Crippen LogP contribution is 1.95. The van der Waals surface area contributed by atoms with Crippen molar-refractivity contribution in [3.63, 3.8) is 0 Å². The molecule has 0 aliphatic heterocycles. The third kappa shape index (κ3) is 4.95. The second kappa shape index (κ2) is 4.49. The van der Waals surface area contributed by atoms with Gasteiger partial charge >= 0.3 is 0 Å². The standard InChI is InChI=1S/C7H14O3S/c1-3-5-11(9,10)6-7(8)4-2/h3-6H2,1-2H3. The van der Waals surface area contributed by atoms with Crippen LogP contribution in [0.5, 0.6) is 0 Å². The van der Waals surface area contributed by atoms with E-state index in [4.69, 9.17) is 0 Å². The van der Waals surface area contributed by atoms with Crippen LogP contribution < -0.4 is 0 Å². The van der Waals surface area contributed by atoms with E-state index in [1.807, 2.05) is 0 Å². The van der Waals surface area contributed by atoms with E-state index in [0.717, 1.165) is 0 Å². The van der Waals surface area contributed by atoms with Crippen molar-refractivity contribution in [1.29, 1.82) is 0 Å². The molecule has 0 heterocycles. The Balaban J connectivity index is 4.03. The number of carbonyl (C=O) groups excluding carboxylic acids is 1. The summed E-state index contributed by atoms with van der Waals surface area (Å²) in [4.78, 5) is 10.7. The molecule has 0 aromatic heterocycles. The third-order valence-corrected chi connectivity index (χ3v) is 3.08. The summed E-state index contributed by atoms with van der Waals surface area (Å²) in [5.41, 5.74) is 0. The second-order valence-electron chi connectivity index (χ2n) is 2.48. The molecule has 0 amide bonds. The van der Waals surface area contributed by atoms with E-state index in [1.165, 1.54) is 0 Å². The number of Topliss-reactive ketones (excluding diaryl/α,β-unsaturated/α-hetero) is 1. The molecule has 0 atom stereocenters. The average molecular weight is 178 g/mol. The maximum atomic E-state index is 11.0. The van der Waals surface area contributed by atoms with E-state index in [2.05, 4.69) is 0 Å². The number of sulfone groups is 1. The second-order valence-corrected chi connectivity index (χ2v) is 4.67. The van der Waals surface area contributed by atoms with E-state index in [1.54, 1.807) is 13.8 Å². The zero-order valence-corrected chi connectivity index (χ0v) is 7.78. The van der Waals surface area contributed by atoms with Crippen molar-refractivity contribution in [3.8, 4) is 0 Å². The van der Waals surface area contributed by atoms with Crippen molar-refractivity contribution in [2.24, 2.45) is 0 Å². The van der Waals surface area contributed by atoms with Crippen LogP contribution in [0, 0.1) is 0 Å². The summed E-state index contributed by atoms with van der Waals surface area (Å²) in [7, 11) is -3.09. The summed E-state index contributed by atoms with van der Waals surface area (Å²) < 4.78 is 22.0. The van der Waals surface area contributed by atoms with Crippen LogP contribution in [0.25, 0.3) is 0 Å². The van der Waals surface area contributed by atoms with Gasteiger partial charge in [-0.25, -0.2) is 8.42 Å². The molecule has 0 aliphatic carbocycles. The van der Waals surface area contributed by atoms with Crippen molar-refractivity contribution in [2.45, 2.75) is 26.7 Å². The Kier molecular flexibility index (Phi) is 4.33. The monoisotopic (exact) mass is 178 g/mol. The highest BCUT2D eigenvalue weighted by Gasteiger charge is 2.13. The van der Waals surface area contributed by atoms with Crippen molar-refractivity contribution in [2.75, 3.05) is 11.5 Å². The number of hydrogen-bond donors (Lipinski definition) is 0. The topological polar surface area (TPSA) is 51.2 Å². The minimum absolute atomic E-state index is 0.124. The fourth-order valence-corrected chi connectivity index (χ4v) is 2.19. The molecule has 0 fully saturated rings. The van der Waals surface area contributed by atoms with Gasteiger partial charge in [0.05, 0.1) is 5.75 Å². The summed E-state index contributed by atoms with van der Waals surface area (Å²) in [6.45, 7) is 3.46. The molecule has 0 N–H and O–H groups in total. The molecule has 0 unspecified atom stereocenters. The maximum absolute atomic E-state index is 11.0. The molecular weight excluding hydrogens is 164 g/mol. The molecule has 0 aromatic rings. The van der Waals surface area contributed by atoms with Crippen molar-refractivity contribution in [3.05, 3.63) is 0 Å². The van der Waals surface area contributed by atoms with Crippen LogP contribution in [0.3, 0.4) is 0 Å². The van der Waals surface area contributed by atoms with Gasteiger partial charge in [-0.1, -0.05) is 13.8 Å². The molecule has 0 spiro atoms. The van der Waals surface area contributed by atoms with Crippen LogP contribution in [-0.4, -0.2) is 25.7 Å². The average Bonchev–Trinajstić information content (AvgIpc) is 1.86. The van der Waals surface area contributed by atoms with Crippen molar-refractivity contribution < 1.29 is 13.2 Å². The predicted octanol–water partition coefficient (Wildman–Crippen LogP) is 0.790. The van der Waals surface area contributed by atoms with Crippen LogP contribution in [0.15, 0.2) is 0 Å². The first-order chi connectivity index (χ1) is 5.02. The summed E-state index contributed by atoms with van der Waals surface area (Å²) >= 11 is 0. The maximum Gasteiger partial charge on any atom is 0.157 e. The van der Waals surface area contributed by atoms with Crippen LogP contribution in [0.1, 0.15) is 26.7 Å². The normalized spacial score (nSPS) is 11.5. The van der Waals surface area contributed by atoms with Gasteiger partial charge in [0, 0.05) is 6.42 Å². The van der Waals surface area contributed by atoms with Gasteiger partial charge in [-0.05, 0) is 6.42 Å². The molecule has 11 heavy (non-hydrogen) atoms. The van der Waals surface area contributed by atoms with Crippen LogP contribution in [0.2, 0.25) is 0 Å². The van der Waals surface area contributed by atoms with Gasteiger partial charge in [-0.15, -0.1) is 0 Å². The molecule has 0 radical (unpaired) electrons. The summed E-state index contributed by atoms with van der Waals surface area (Å²) in [6, 6.07) is 0. The molecule has 0 rings (SSSR count). The molecule has 0 aromatic carbocycles. The highest BCUT2D eigenvalue weighted by molar-refractivity contribution is 7.92. The van der Waals surface area contributed by atoms with Crippen LogP contribution in [-0.2, 0) is 14.6 Å². The lowest BCUT2D eigenvalue weighted by Crippen LogP contribution is -2.17. The van der Waals surface area contributed by atoms with Gasteiger partial charge in [-0.2, -0.15) is 0 Å². The molecule has 0 saturated carbocycles. The number of carbonyl (C=O) groups is 1. The minimum atomic E-state index is -3.09. The Hall–Kier alpha value is -0.380. The summed E-state index contributed by atoms with van der Waals surface area (Å²) in [6.07, 6.45) is 0.891. The highest BCUT2D eigenvalue weighted by atomic mass is 32.2. The predicted molar refractivity (Wildman–Crippen MR) is 44.2 cm³/mol. The Morgan fingerprint density at radius 3 is 2.18 bits per heavy atom. The van der Waals surface area contributed by atoms with Gasteiger partial charge in [0.15, 0.2) is 9.84 Å². The Morgan fingerprint density at radius 1 is 1.27 bits per heavy atom. The van der Waals surface area contributed by atoms with Gasteiger partial charge in [0.2, 0.25) is 0 Å². The SMILES string of the molecule is CCCS(=O)(=O)CC(=O)CC. The Bertz CT molecular complexity index is 216. The first kappa shape index (κ1) is 10.6. The van der Waals surface area contributed by atoms with Crippen LogP contribution in [0.4, 0.5) is 0 Å². The molecule has 66 valence electrons. The van der Waals surface area contributed by atoms with Gasteiger partial charge in [0.1, 0.15) is 11.5 Å². The molecule has 0 saturated heterocycles. The smallest absolute Gasteiger partial charge is 0.157 e. The van der Waals surface area contributed by atoms with Gasteiger partial charge in [0.25, 0.3) is 0 Å². The Labute approximate surface area is 67.7 Å². The lowest BCUT2D eigenvalue weighted by Gasteiger charge is -1.98. The summed E-state index contributed by atoms with van der Waals surface area (Å²) in [5, 5.41) is 0. The first-order valence-corrected chi connectivity index (χ1v) is 5.56. The molecule has 0 bridgehead atoms. The quantitative estimate of drug-likeness (QED) is 0.625. The number of rotatable bonds is 5. The largest absolute Gasteiger partial charge is 0.299 e. The Morgan fingerprint density at radius 2 is 1.82 bits per heavy atom. The molecule has 3 nitrogen and oxygen atoms in total. The fraction of sp³-hybridized carbons (Fsp3) is 0.857. The van der Waals surface area contributed by atoms with E-state index in [-0.39, 0.29) is 17.3 Å². The fourth-order valence-electron chi connectivity index (χ4n) is 0.731. The zero-order chi connectivity index (χ0) is 8.91. The number of ketones is 1. The molecule has 4 heteroatoms. The third-order valence-electron chi connectivity index (χ3n) is 1.29. The number of hydrogen-bond acceptors (Lipinski definition) is 3. The van der Waals surface area contributed by atoms with E-state index >= 15 is 0 Å². The van der Waals surface area contributed by atoms with E-state index in [9.17, 15) is 13.2 Å². The first-order valence-electron chi connectivity index (χ1n) is 3.74. The van der Waals surface area contributed by atoms with E-state index in [0.29, 0.717) is 12.8 Å². The molecular formula is C7H14O3S. The van der Waals surface area contributed by atoms with Gasteiger partial charge in [-0.3, -0.25) is 4.79 Å². The minimum Gasteiger partial charge on any atom is -0.299 e. The van der Waals surface area contributed by atoms with Gasteiger partial charge < -0.3 is 0 Å². The lowest BCUT2D eigenvalue weighted by atomic mass is 10.4. The van der Waals surface area contributed by atoms with Crippen LogP contribution >= 0.6 is 0 Å². The lowest BCUT2D eigenvalue weighted by molar-refractivity contribution is -0.116. The molecule has 0 aliphatic rings. The summed E-state index contributed by atoms with van der Waals surface area (Å²) in [5.74, 6) is -0.353.